The van der Waals surface area contributed by atoms with Gasteiger partial charge in [-0.05, 0) is 83.3 Å². The van der Waals surface area contributed by atoms with Gasteiger partial charge >= 0.3 is 0 Å². The largest absolute Gasteiger partial charge is 0.633 e. The Morgan fingerprint density at radius 1 is 1.08 bits per heavy atom. The zero-order valence-corrected chi connectivity index (χ0v) is 21.6. The summed E-state index contributed by atoms with van der Waals surface area (Å²) in [6.07, 6.45) is 13.0. The summed E-state index contributed by atoms with van der Waals surface area (Å²) in [5.41, 5.74) is 3.89. The van der Waals surface area contributed by atoms with Gasteiger partial charge in [-0.25, -0.2) is 4.39 Å². The van der Waals surface area contributed by atoms with Crippen LogP contribution in [0.1, 0.15) is 69.8 Å². The number of quaternary nitrogens is 1. The van der Waals surface area contributed by atoms with E-state index < -0.39 is 11.3 Å². The maximum Gasteiger partial charge on any atom is 0.139 e. The molecule has 7 atom stereocenters. The maximum atomic E-state index is 13.2. The smallest absolute Gasteiger partial charge is 0.139 e. The van der Waals surface area contributed by atoms with Crippen molar-refractivity contribution < 1.29 is 13.8 Å². The number of nitrogens with zero attached hydrogens (tertiary/aromatic N) is 1. The van der Waals surface area contributed by atoms with Crippen LogP contribution in [0, 0.1) is 16.5 Å². The molecule has 2 saturated carbocycles. The van der Waals surface area contributed by atoms with E-state index in [0.717, 1.165) is 38.5 Å². The first-order valence-corrected chi connectivity index (χ1v) is 14.0. The van der Waals surface area contributed by atoms with Crippen LogP contribution in [0.4, 0.5) is 4.39 Å². The zero-order chi connectivity index (χ0) is 24.8. The zero-order valence-electron chi connectivity index (χ0n) is 21.6. The Kier molecular flexibility index (Phi) is 4.98. The first-order chi connectivity index (χ1) is 17.3. The molecule has 3 nitrogen and oxygen atoms in total. The fraction of sp³-hybridized carbons (Fsp3) is 0.562. The number of benzene rings is 2. The van der Waals surface area contributed by atoms with Gasteiger partial charge in [0.15, 0.2) is 0 Å². The second kappa shape index (κ2) is 7.75. The Hall–Kier alpha value is -2.01. The third kappa shape index (κ3) is 3.07. The molecule has 5 aliphatic rings. The molecule has 7 rings (SSSR count). The van der Waals surface area contributed by atoms with Crippen molar-refractivity contribution in [2.24, 2.45) is 11.3 Å². The van der Waals surface area contributed by atoms with Crippen molar-refractivity contribution in [3.05, 3.63) is 76.5 Å². The lowest BCUT2D eigenvalue weighted by molar-refractivity contribution is -0.888. The first-order valence-electron chi connectivity index (χ1n) is 14.0. The highest BCUT2D eigenvalue weighted by Gasteiger charge is 2.67. The number of halogens is 1. The van der Waals surface area contributed by atoms with Gasteiger partial charge < -0.3 is 14.6 Å². The highest BCUT2D eigenvalue weighted by molar-refractivity contribution is 5.83. The number of rotatable bonds is 4. The van der Waals surface area contributed by atoms with Crippen LogP contribution in [0.25, 0.3) is 10.8 Å². The van der Waals surface area contributed by atoms with Gasteiger partial charge in [0, 0.05) is 12.8 Å². The van der Waals surface area contributed by atoms with Crippen LogP contribution in [-0.4, -0.2) is 42.2 Å². The molecule has 0 amide bonds. The molecule has 0 aromatic heterocycles. The maximum absolute atomic E-state index is 13.2. The van der Waals surface area contributed by atoms with Gasteiger partial charge in [0.1, 0.15) is 13.2 Å². The summed E-state index contributed by atoms with van der Waals surface area (Å²) in [5.74, 6) is 1.01. The number of hydrogen-bond donors (Lipinski definition) is 0. The lowest BCUT2D eigenvalue weighted by Gasteiger charge is -2.56. The van der Waals surface area contributed by atoms with Crippen LogP contribution in [0.2, 0.25) is 0 Å². The van der Waals surface area contributed by atoms with Crippen LogP contribution in [0.3, 0.4) is 0 Å². The molecule has 36 heavy (non-hydrogen) atoms. The minimum atomic E-state index is -0.555. The van der Waals surface area contributed by atoms with Crippen molar-refractivity contribution in [2.45, 2.75) is 81.5 Å². The van der Waals surface area contributed by atoms with Crippen LogP contribution >= 0.6 is 0 Å². The molecule has 2 aromatic rings. The molecule has 2 bridgehead atoms. The second-order valence-corrected chi connectivity index (χ2v) is 12.8. The number of alkyl halides is 1. The highest BCUT2D eigenvalue weighted by atomic mass is 19.1. The molecular weight excluding hydrogens is 449 g/mol. The van der Waals surface area contributed by atoms with E-state index in [4.69, 9.17) is 4.74 Å². The van der Waals surface area contributed by atoms with Gasteiger partial charge in [0.2, 0.25) is 0 Å². The first kappa shape index (κ1) is 23.1. The van der Waals surface area contributed by atoms with Gasteiger partial charge in [0.05, 0.1) is 24.3 Å². The molecule has 4 heteroatoms. The second-order valence-electron chi connectivity index (χ2n) is 12.8. The van der Waals surface area contributed by atoms with Gasteiger partial charge in [-0.1, -0.05) is 61.5 Å². The molecule has 2 spiro atoms. The van der Waals surface area contributed by atoms with E-state index in [-0.39, 0.29) is 29.2 Å². The summed E-state index contributed by atoms with van der Waals surface area (Å²) < 4.78 is 20.0. The van der Waals surface area contributed by atoms with Crippen LogP contribution < -0.4 is 0 Å². The predicted molar refractivity (Wildman–Crippen MR) is 142 cm³/mol. The molecule has 2 aromatic carbocycles. The molecule has 3 aliphatic carbocycles. The topological polar surface area (TPSA) is 32.3 Å². The number of hydroxylamine groups is 3. The van der Waals surface area contributed by atoms with E-state index in [1.54, 1.807) is 7.05 Å². The quantitative estimate of drug-likeness (QED) is 0.333. The van der Waals surface area contributed by atoms with E-state index in [1.165, 1.54) is 40.3 Å². The molecule has 1 saturated heterocycles. The van der Waals surface area contributed by atoms with Gasteiger partial charge in [-0.15, -0.1) is 0 Å². The van der Waals surface area contributed by atoms with Crippen LogP contribution in [-0.2, 0) is 4.74 Å². The average molecular weight is 488 g/mol. The standard InChI is InChI=1S/C32H38FNO2/c1-30-14-13-26-20-25-9-10-27(34(2,35)18-17-33)21-31(25)15-16-32(26,36-31)29(30)12-11-28(30)24-8-7-22-5-3-4-6-23(22)19-24/h3-8,13,19-20,27-29H,9-12,14-18,21H2,1-2H3/t27-,28+,29+,30+,31+,32+,34?/m0/s1. The van der Waals surface area contributed by atoms with Gasteiger partial charge in [0.25, 0.3) is 0 Å². The van der Waals surface area contributed by atoms with Gasteiger partial charge in [-0.3, -0.25) is 0 Å². The third-order valence-electron chi connectivity index (χ3n) is 11.1. The molecule has 1 unspecified atom stereocenters. The highest BCUT2D eigenvalue weighted by Crippen LogP contribution is 2.69. The fourth-order valence-electron chi connectivity index (χ4n) is 9.17. The number of fused-ring (bicyclic) bond motifs is 2. The van der Waals surface area contributed by atoms with Crippen LogP contribution in [0.15, 0.2) is 65.8 Å². The van der Waals surface area contributed by atoms with E-state index >= 15 is 0 Å². The Balaban J connectivity index is 1.24. The van der Waals surface area contributed by atoms with Crippen molar-refractivity contribution in [1.29, 1.82) is 0 Å². The minimum Gasteiger partial charge on any atom is -0.633 e. The Morgan fingerprint density at radius 3 is 2.75 bits per heavy atom. The SMILES string of the molecule is C[C@]12CC=C3C=C4CC[C@H]([N+](C)([O-])CCF)C[C@]45CC[C@]3(O5)[C@@H]1CC[C@@H]2c1ccc2ccccc2c1. The van der Waals surface area contributed by atoms with Crippen molar-refractivity contribution >= 4 is 10.8 Å². The molecule has 190 valence electrons. The lowest BCUT2D eigenvalue weighted by atomic mass is 9.58. The Bertz CT molecular complexity index is 1280. The van der Waals surface area contributed by atoms with E-state index in [9.17, 15) is 9.60 Å². The summed E-state index contributed by atoms with van der Waals surface area (Å²) in [5, 5.41) is 15.9. The summed E-state index contributed by atoms with van der Waals surface area (Å²) in [4.78, 5) is 0. The Labute approximate surface area is 214 Å². The molecule has 0 N–H and O–H groups in total. The molecule has 2 heterocycles. The molecule has 0 radical (unpaired) electrons. The van der Waals surface area contributed by atoms with E-state index in [2.05, 4.69) is 61.5 Å². The van der Waals surface area contributed by atoms with Crippen molar-refractivity contribution in [3.8, 4) is 0 Å². The minimum absolute atomic E-state index is 0.0459. The molecule has 3 fully saturated rings. The third-order valence-corrected chi connectivity index (χ3v) is 11.1. The number of allylic oxidation sites excluding steroid dienone is 1. The molecular formula is C32H38FNO2. The Morgan fingerprint density at radius 2 is 1.92 bits per heavy atom. The van der Waals surface area contributed by atoms with Crippen molar-refractivity contribution in [1.82, 2.24) is 0 Å². The van der Waals surface area contributed by atoms with E-state index in [1.807, 2.05) is 0 Å². The number of ether oxygens (including phenoxy) is 1. The summed E-state index contributed by atoms with van der Waals surface area (Å²) in [6, 6.07) is 15.7. The number of hydrogen-bond acceptors (Lipinski definition) is 2. The normalized spacial score (nSPS) is 40.6. The summed E-state index contributed by atoms with van der Waals surface area (Å²) in [6.45, 7) is 2.00. The van der Waals surface area contributed by atoms with Crippen molar-refractivity contribution in [3.63, 3.8) is 0 Å². The van der Waals surface area contributed by atoms with Crippen molar-refractivity contribution in [2.75, 3.05) is 20.3 Å². The van der Waals surface area contributed by atoms with Crippen LogP contribution in [0.5, 0.6) is 0 Å². The summed E-state index contributed by atoms with van der Waals surface area (Å²) in [7, 11) is 1.66. The lowest BCUT2D eigenvalue weighted by Crippen LogP contribution is -2.58. The molecule has 2 aliphatic heterocycles. The summed E-state index contributed by atoms with van der Waals surface area (Å²) >= 11 is 0. The monoisotopic (exact) mass is 487 g/mol. The van der Waals surface area contributed by atoms with E-state index in [0.29, 0.717) is 11.8 Å². The predicted octanol–water partition coefficient (Wildman–Crippen LogP) is 7.36. The average Bonchev–Trinajstić information content (AvgIpc) is 3.38. The fourth-order valence-corrected chi connectivity index (χ4v) is 9.17. The van der Waals surface area contributed by atoms with Gasteiger partial charge in [-0.2, -0.15) is 0 Å².